The van der Waals surface area contributed by atoms with Crippen LogP contribution >= 0.6 is 0 Å². The Morgan fingerprint density at radius 3 is 2.70 bits per heavy atom. The molecule has 0 saturated heterocycles. The van der Waals surface area contributed by atoms with E-state index in [9.17, 15) is 17.6 Å². The second-order valence-electron chi connectivity index (χ2n) is 7.42. The molecule has 0 unspecified atom stereocenters. The molecule has 0 saturated carbocycles. The van der Waals surface area contributed by atoms with Crippen LogP contribution in [0.5, 0.6) is 0 Å². The Morgan fingerprint density at radius 1 is 1.18 bits per heavy atom. The minimum atomic E-state index is -3.98. The highest BCUT2D eigenvalue weighted by molar-refractivity contribution is 7.92. The Hall–Kier alpha value is -3.73. The van der Waals surface area contributed by atoms with Gasteiger partial charge in [0.2, 0.25) is 15.8 Å². The van der Waals surface area contributed by atoms with E-state index in [1.54, 1.807) is 37.6 Å². The molecular formula is C22H19F2N5O3S. The maximum atomic E-state index is 15.1. The van der Waals surface area contributed by atoms with Crippen LogP contribution in [0.4, 0.5) is 14.5 Å². The third kappa shape index (κ3) is 4.31. The highest BCUT2D eigenvalue weighted by atomic mass is 32.2. The van der Waals surface area contributed by atoms with Crippen molar-refractivity contribution in [2.75, 3.05) is 10.5 Å². The van der Waals surface area contributed by atoms with E-state index in [0.29, 0.717) is 16.6 Å². The van der Waals surface area contributed by atoms with Crippen LogP contribution in [0.3, 0.4) is 0 Å². The van der Waals surface area contributed by atoms with Crippen molar-refractivity contribution in [3.05, 3.63) is 71.3 Å². The maximum Gasteiger partial charge on any atom is 0.232 e. The summed E-state index contributed by atoms with van der Waals surface area (Å²) < 4.78 is 55.3. The molecule has 2 N–H and O–H groups in total. The van der Waals surface area contributed by atoms with Crippen LogP contribution in [0.15, 0.2) is 42.9 Å². The number of benzene rings is 1. The average Bonchev–Trinajstić information content (AvgIpc) is 3.20. The molecule has 0 fully saturated rings. The molecule has 4 rings (SSSR count). The Kier molecular flexibility index (Phi) is 5.90. The van der Waals surface area contributed by atoms with Gasteiger partial charge in [0.25, 0.3) is 0 Å². The van der Waals surface area contributed by atoms with Crippen LogP contribution < -0.4 is 4.72 Å². The fraction of sp³-hybridized carbons (Fsp3) is 0.182. The standard InChI is InChI=1S/C22H19F2N5O3S/c1-3-8-33(31,32)29-20-17(23)5-4-15(18(20)24)21(30)19-16-9-13(11-26-22(16)28-27-19)14-6-7-25-10-12(14)2/h4-7,9-11,29H,3,8H2,1-2H3,(H,26,27,28). The van der Waals surface area contributed by atoms with Gasteiger partial charge in [-0.3, -0.25) is 19.6 Å². The molecule has 0 aliphatic heterocycles. The van der Waals surface area contributed by atoms with Crippen LogP contribution in [-0.2, 0) is 10.0 Å². The molecule has 0 amide bonds. The van der Waals surface area contributed by atoms with E-state index < -0.39 is 38.7 Å². The monoisotopic (exact) mass is 471 g/mol. The number of nitrogens with one attached hydrogen (secondary N) is 2. The van der Waals surface area contributed by atoms with Gasteiger partial charge in [0.1, 0.15) is 17.2 Å². The molecule has 0 atom stereocenters. The van der Waals surface area contributed by atoms with Gasteiger partial charge >= 0.3 is 0 Å². The minimum Gasteiger partial charge on any atom is -0.287 e. The summed E-state index contributed by atoms with van der Waals surface area (Å²) in [4.78, 5) is 21.5. The summed E-state index contributed by atoms with van der Waals surface area (Å²) in [5.41, 5.74) is 1.19. The molecule has 0 spiro atoms. The van der Waals surface area contributed by atoms with Gasteiger partial charge in [0.15, 0.2) is 11.5 Å². The van der Waals surface area contributed by atoms with Crippen molar-refractivity contribution in [1.82, 2.24) is 20.2 Å². The Bertz CT molecular complexity index is 1480. The summed E-state index contributed by atoms with van der Waals surface area (Å²) in [5, 5.41) is 6.95. The van der Waals surface area contributed by atoms with Crippen molar-refractivity contribution < 1.29 is 22.0 Å². The fourth-order valence-electron chi connectivity index (χ4n) is 3.45. The largest absolute Gasteiger partial charge is 0.287 e. The molecule has 3 heterocycles. The van der Waals surface area contributed by atoms with Crippen molar-refractivity contribution >= 4 is 32.5 Å². The quantitative estimate of drug-likeness (QED) is 0.394. The average molecular weight is 471 g/mol. The minimum absolute atomic E-state index is 0.126. The Morgan fingerprint density at radius 2 is 1.97 bits per heavy atom. The van der Waals surface area contributed by atoms with Gasteiger partial charge < -0.3 is 0 Å². The predicted molar refractivity (Wildman–Crippen MR) is 119 cm³/mol. The van der Waals surface area contributed by atoms with Crippen molar-refractivity contribution in [1.29, 1.82) is 0 Å². The lowest BCUT2D eigenvalue weighted by molar-refractivity contribution is 0.103. The van der Waals surface area contributed by atoms with Crippen LogP contribution in [0.25, 0.3) is 22.2 Å². The number of aromatic nitrogens is 4. The van der Waals surface area contributed by atoms with Gasteiger partial charge in [-0.2, -0.15) is 5.10 Å². The number of anilines is 1. The second-order valence-corrected chi connectivity index (χ2v) is 9.26. The lowest BCUT2D eigenvalue weighted by Crippen LogP contribution is -2.19. The number of aromatic amines is 1. The van der Waals surface area contributed by atoms with E-state index >= 15 is 4.39 Å². The number of carbonyl (C=O) groups is 1. The van der Waals surface area contributed by atoms with E-state index in [0.717, 1.165) is 23.3 Å². The van der Waals surface area contributed by atoms with E-state index in [2.05, 4.69) is 20.2 Å². The van der Waals surface area contributed by atoms with Gasteiger partial charge in [0, 0.05) is 24.2 Å². The molecule has 11 heteroatoms. The zero-order chi connectivity index (χ0) is 23.8. The summed E-state index contributed by atoms with van der Waals surface area (Å²) >= 11 is 0. The number of ketones is 1. The molecule has 170 valence electrons. The molecule has 0 radical (unpaired) electrons. The predicted octanol–water partition coefficient (Wildman–Crippen LogP) is 3.99. The van der Waals surface area contributed by atoms with Crippen molar-refractivity contribution in [3.8, 4) is 11.1 Å². The van der Waals surface area contributed by atoms with Crippen molar-refractivity contribution in [3.63, 3.8) is 0 Å². The molecule has 3 aromatic heterocycles. The fourth-order valence-corrected chi connectivity index (χ4v) is 4.58. The first-order valence-corrected chi connectivity index (χ1v) is 11.7. The summed E-state index contributed by atoms with van der Waals surface area (Å²) in [6.07, 6.45) is 5.18. The summed E-state index contributed by atoms with van der Waals surface area (Å²) in [6, 6.07) is 5.27. The highest BCUT2D eigenvalue weighted by Gasteiger charge is 2.26. The summed E-state index contributed by atoms with van der Waals surface area (Å²) in [5.74, 6) is -3.62. The molecule has 4 aromatic rings. The van der Waals surface area contributed by atoms with Gasteiger partial charge in [0.05, 0.1) is 16.7 Å². The number of sulfonamides is 1. The third-order valence-electron chi connectivity index (χ3n) is 5.03. The van der Waals surface area contributed by atoms with Gasteiger partial charge in [-0.15, -0.1) is 0 Å². The van der Waals surface area contributed by atoms with Crippen molar-refractivity contribution in [2.45, 2.75) is 20.3 Å². The number of hydrogen-bond donors (Lipinski definition) is 2. The molecule has 1 aromatic carbocycles. The number of aryl methyl sites for hydroxylation is 1. The van der Waals surface area contributed by atoms with Crippen LogP contribution in [0.1, 0.15) is 35.0 Å². The number of hydrogen-bond acceptors (Lipinski definition) is 6. The SMILES string of the molecule is CCCS(=O)(=O)Nc1c(F)ccc(C(=O)c2n[nH]c3ncc(-c4ccncc4C)cc23)c1F. The topological polar surface area (TPSA) is 118 Å². The van der Waals surface area contributed by atoms with E-state index in [4.69, 9.17) is 0 Å². The second kappa shape index (κ2) is 8.66. The smallest absolute Gasteiger partial charge is 0.232 e. The molecule has 0 aliphatic rings. The lowest BCUT2D eigenvalue weighted by atomic mass is 10.0. The first-order chi connectivity index (χ1) is 15.7. The van der Waals surface area contributed by atoms with Gasteiger partial charge in [-0.25, -0.2) is 22.2 Å². The highest BCUT2D eigenvalue weighted by Crippen LogP contribution is 2.29. The van der Waals surface area contributed by atoms with Gasteiger partial charge in [-0.1, -0.05) is 6.92 Å². The number of rotatable bonds is 7. The molecule has 8 nitrogen and oxygen atoms in total. The zero-order valence-electron chi connectivity index (χ0n) is 17.7. The first kappa shape index (κ1) is 22.5. The maximum absolute atomic E-state index is 15.1. The number of fused-ring (bicyclic) bond motifs is 1. The summed E-state index contributed by atoms with van der Waals surface area (Å²) in [6.45, 7) is 3.49. The number of carbonyl (C=O) groups excluding carboxylic acids is 1. The first-order valence-electron chi connectivity index (χ1n) is 10.00. The van der Waals surface area contributed by atoms with E-state index in [1.807, 2.05) is 11.6 Å². The summed E-state index contributed by atoms with van der Waals surface area (Å²) in [7, 11) is -3.98. The van der Waals surface area contributed by atoms with Crippen molar-refractivity contribution in [2.24, 2.45) is 0 Å². The molecule has 0 bridgehead atoms. The van der Waals surface area contributed by atoms with E-state index in [-0.39, 0.29) is 17.9 Å². The Labute approximate surface area is 188 Å². The molecular weight excluding hydrogens is 452 g/mol. The van der Waals surface area contributed by atoms with Crippen LogP contribution in [-0.4, -0.2) is 40.1 Å². The normalized spacial score (nSPS) is 11.6. The number of H-pyrrole nitrogens is 1. The lowest BCUT2D eigenvalue weighted by Gasteiger charge is -2.11. The number of pyridine rings is 2. The number of halogens is 2. The third-order valence-corrected chi connectivity index (χ3v) is 6.49. The zero-order valence-corrected chi connectivity index (χ0v) is 18.5. The van der Waals surface area contributed by atoms with Crippen LogP contribution in [0.2, 0.25) is 0 Å². The Balaban J connectivity index is 1.79. The number of nitrogens with zero attached hydrogens (tertiary/aromatic N) is 3. The molecule has 0 aliphatic carbocycles. The molecule has 33 heavy (non-hydrogen) atoms. The van der Waals surface area contributed by atoms with Gasteiger partial charge in [-0.05, 0) is 48.7 Å². The van der Waals surface area contributed by atoms with E-state index in [1.165, 1.54) is 0 Å². The van der Waals surface area contributed by atoms with Crippen LogP contribution in [0, 0.1) is 18.6 Å².